The zero-order valence-corrected chi connectivity index (χ0v) is 11.3. The summed E-state index contributed by atoms with van der Waals surface area (Å²) in [5, 5.41) is 0.898. The average molecular weight is 256 g/mol. The maximum absolute atomic E-state index is 4.73. The van der Waals surface area contributed by atoms with E-state index in [-0.39, 0.29) is 0 Å². The lowest BCUT2D eigenvalue weighted by molar-refractivity contribution is 0.652. The normalized spacial score (nSPS) is 14.3. The Bertz CT molecular complexity index is 552. The zero-order valence-electron chi connectivity index (χ0n) is 10.5. The Morgan fingerprint density at radius 2 is 1.78 bits per heavy atom. The van der Waals surface area contributed by atoms with E-state index < -0.39 is 0 Å². The molecule has 2 aromatic rings. The molecule has 0 saturated heterocycles. The second-order valence-corrected chi connectivity index (χ2v) is 5.33. The molecule has 92 valence electrons. The summed E-state index contributed by atoms with van der Waals surface area (Å²) in [4.78, 5) is 9.40. The molecule has 0 fully saturated rings. The van der Waals surface area contributed by atoms with Gasteiger partial charge in [0.05, 0.1) is 5.69 Å². The standard InChI is InChI=1S/C15H16N2S/c1-18-15-16-13-10-6-5-9-12(13)14(17-15)11-7-3-2-4-8-11/h2-4,7-8H,5-6,9-10H2,1H3. The molecule has 1 heterocycles. The molecule has 18 heavy (non-hydrogen) atoms. The van der Waals surface area contributed by atoms with Crippen LogP contribution in [0, 0.1) is 0 Å². The molecule has 1 aliphatic rings. The van der Waals surface area contributed by atoms with E-state index >= 15 is 0 Å². The van der Waals surface area contributed by atoms with Gasteiger partial charge >= 0.3 is 0 Å². The van der Waals surface area contributed by atoms with Crippen LogP contribution in [0.3, 0.4) is 0 Å². The molecule has 0 saturated carbocycles. The topological polar surface area (TPSA) is 25.8 Å². The van der Waals surface area contributed by atoms with Crippen LogP contribution >= 0.6 is 11.8 Å². The lowest BCUT2D eigenvalue weighted by atomic mass is 9.92. The fraction of sp³-hybridized carbons (Fsp3) is 0.333. The zero-order chi connectivity index (χ0) is 12.4. The van der Waals surface area contributed by atoms with E-state index in [9.17, 15) is 0 Å². The summed E-state index contributed by atoms with van der Waals surface area (Å²) in [7, 11) is 0. The molecule has 0 bridgehead atoms. The first kappa shape index (κ1) is 11.7. The fourth-order valence-corrected chi connectivity index (χ4v) is 2.88. The first-order valence-electron chi connectivity index (χ1n) is 6.37. The minimum atomic E-state index is 0.898. The van der Waals surface area contributed by atoms with Crippen molar-refractivity contribution in [2.45, 2.75) is 30.8 Å². The first-order valence-corrected chi connectivity index (χ1v) is 7.60. The Hall–Kier alpha value is -1.35. The van der Waals surface area contributed by atoms with Crippen LogP contribution in [0.15, 0.2) is 35.5 Å². The van der Waals surface area contributed by atoms with Crippen molar-refractivity contribution in [3.8, 4) is 11.3 Å². The molecule has 0 radical (unpaired) electrons. The Morgan fingerprint density at radius 3 is 2.56 bits per heavy atom. The van der Waals surface area contributed by atoms with Gasteiger partial charge in [0.2, 0.25) is 0 Å². The van der Waals surface area contributed by atoms with Crippen LogP contribution in [0.4, 0.5) is 0 Å². The third kappa shape index (κ3) is 2.15. The predicted octanol–water partition coefficient (Wildman–Crippen LogP) is 3.74. The highest BCUT2D eigenvalue weighted by Crippen LogP contribution is 2.30. The molecule has 2 nitrogen and oxygen atoms in total. The number of benzene rings is 1. The Labute approximate surface area is 112 Å². The van der Waals surface area contributed by atoms with E-state index in [2.05, 4.69) is 29.2 Å². The Morgan fingerprint density at radius 1 is 1.00 bits per heavy atom. The van der Waals surface area contributed by atoms with Gasteiger partial charge in [-0.25, -0.2) is 9.97 Å². The molecular formula is C15H16N2S. The van der Waals surface area contributed by atoms with Crippen LogP contribution in [0.25, 0.3) is 11.3 Å². The van der Waals surface area contributed by atoms with Gasteiger partial charge in [0.25, 0.3) is 0 Å². The largest absolute Gasteiger partial charge is 0.227 e. The summed E-state index contributed by atoms with van der Waals surface area (Å²) >= 11 is 1.63. The van der Waals surface area contributed by atoms with Gasteiger partial charge in [-0.1, -0.05) is 42.1 Å². The third-order valence-corrected chi connectivity index (χ3v) is 3.94. The first-order chi connectivity index (χ1) is 8.88. The highest BCUT2D eigenvalue weighted by Gasteiger charge is 2.18. The van der Waals surface area contributed by atoms with Crippen molar-refractivity contribution >= 4 is 11.8 Å². The van der Waals surface area contributed by atoms with Crippen molar-refractivity contribution < 1.29 is 0 Å². The number of hydrogen-bond donors (Lipinski definition) is 0. The monoisotopic (exact) mass is 256 g/mol. The Kier molecular flexibility index (Phi) is 3.33. The van der Waals surface area contributed by atoms with E-state index in [1.54, 1.807) is 11.8 Å². The van der Waals surface area contributed by atoms with Crippen molar-refractivity contribution in [3.05, 3.63) is 41.6 Å². The van der Waals surface area contributed by atoms with Crippen LogP contribution in [0.5, 0.6) is 0 Å². The van der Waals surface area contributed by atoms with Gasteiger partial charge in [-0.3, -0.25) is 0 Å². The maximum atomic E-state index is 4.73. The SMILES string of the molecule is CSc1nc2c(c(-c3ccccc3)n1)CCCC2. The van der Waals surface area contributed by atoms with Gasteiger partial charge in [0, 0.05) is 16.8 Å². The summed E-state index contributed by atoms with van der Waals surface area (Å²) in [6, 6.07) is 10.5. The van der Waals surface area contributed by atoms with Crippen molar-refractivity contribution in [3.63, 3.8) is 0 Å². The van der Waals surface area contributed by atoms with Gasteiger partial charge in [-0.2, -0.15) is 0 Å². The van der Waals surface area contributed by atoms with Gasteiger partial charge in [-0.05, 0) is 31.9 Å². The molecule has 0 N–H and O–H groups in total. The Balaban J connectivity index is 2.18. The summed E-state index contributed by atoms with van der Waals surface area (Å²) in [5.41, 5.74) is 4.99. The number of rotatable bonds is 2. The lowest BCUT2D eigenvalue weighted by Crippen LogP contribution is -2.10. The number of fused-ring (bicyclic) bond motifs is 1. The number of aryl methyl sites for hydroxylation is 1. The molecule has 0 amide bonds. The number of nitrogens with zero attached hydrogens (tertiary/aromatic N) is 2. The molecule has 0 atom stereocenters. The lowest BCUT2D eigenvalue weighted by Gasteiger charge is -2.18. The summed E-state index contributed by atoms with van der Waals surface area (Å²) in [5.74, 6) is 0. The van der Waals surface area contributed by atoms with Crippen molar-refractivity contribution in [1.29, 1.82) is 0 Å². The quantitative estimate of drug-likeness (QED) is 0.604. The molecule has 1 aromatic carbocycles. The van der Waals surface area contributed by atoms with Gasteiger partial charge in [-0.15, -0.1) is 0 Å². The molecule has 1 aliphatic carbocycles. The van der Waals surface area contributed by atoms with E-state index in [0.717, 1.165) is 23.7 Å². The van der Waals surface area contributed by atoms with Crippen LogP contribution in [-0.4, -0.2) is 16.2 Å². The van der Waals surface area contributed by atoms with E-state index in [1.165, 1.54) is 29.7 Å². The molecular weight excluding hydrogens is 240 g/mol. The van der Waals surface area contributed by atoms with Gasteiger partial charge in [0.15, 0.2) is 5.16 Å². The second-order valence-electron chi connectivity index (χ2n) is 4.56. The molecule has 1 aromatic heterocycles. The van der Waals surface area contributed by atoms with E-state index in [4.69, 9.17) is 4.98 Å². The van der Waals surface area contributed by atoms with E-state index in [0.29, 0.717) is 0 Å². The van der Waals surface area contributed by atoms with E-state index in [1.807, 2.05) is 12.3 Å². The van der Waals surface area contributed by atoms with Crippen LogP contribution < -0.4 is 0 Å². The molecule has 3 rings (SSSR count). The molecule has 0 unspecified atom stereocenters. The maximum Gasteiger partial charge on any atom is 0.188 e. The minimum absolute atomic E-state index is 0.898. The van der Waals surface area contributed by atoms with Crippen molar-refractivity contribution in [1.82, 2.24) is 9.97 Å². The summed E-state index contributed by atoms with van der Waals surface area (Å²) in [6.45, 7) is 0. The number of aromatic nitrogens is 2. The highest BCUT2D eigenvalue weighted by atomic mass is 32.2. The van der Waals surface area contributed by atoms with Gasteiger partial charge in [0.1, 0.15) is 0 Å². The van der Waals surface area contributed by atoms with Gasteiger partial charge < -0.3 is 0 Å². The smallest absolute Gasteiger partial charge is 0.188 e. The molecule has 0 spiro atoms. The average Bonchev–Trinajstić information content (AvgIpc) is 2.47. The number of hydrogen-bond acceptors (Lipinski definition) is 3. The molecule has 3 heteroatoms. The third-order valence-electron chi connectivity index (χ3n) is 3.39. The van der Waals surface area contributed by atoms with Crippen LogP contribution in [0.2, 0.25) is 0 Å². The van der Waals surface area contributed by atoms with Crippen molar-refractivity contribution in [2.24, 2.45) is 0 Å². The summed E-state index contributed by atoms with van der Waals surface area (Å²) in [6.07, 6.45) is 6.78. The van der Waals surface area contributed by atoms with Crippen LogP contribution in [-0.2, 0) is 12.8 Å². The van der Waals surface area contributed by atoms with Crippen LogP contribution in [0.1, 0.15) is 24.1 Å². The minimum Gasteiger partial charge on any atom is -0.227 e. The number of thioether (sulfide) groups is 1. The highest BCUT2D eigenvalue weighted by molar-refractivity contribution is 7.98. The van der Waals surface area contributed by atoms with Crippen molar-refractivity contribution in [2.75, 3.05) is 6.26 Å². The fourth-order valence-electron chi connectivity index (χ4n) is 2.50. The summed E-state index contributed by atoms with van der Waals surface area (Å²) < 4.78 is 0. The second kappa shape index (κ2) is 5.11. The molecule has 0 aliphatic heterocycles. The predicted molar refractivity (Wildman–Crippen MR) is 75.9 cm³/mol.